The average Bonchev–Trinajstić information content (AvgIpc) is 2.45. The lowest BCUT2D eigenvalue weighted by Gasteiger charge is -2.20. The maximum atomic E-state index is 4.29. The summed E-state index contributed by atoms with van der Waals surface area (Å²) in [6.45, 7) is 5.26. The van der Waals surface area contributed by atoms with E-state index in [-0.39, 0.29) is 0 Å². The molecule has 1 heterocycles. The van der Waals surface area contributed by atoms with Crippen LogP contribution in [0.2, 0.25) is 0 Å². The maximum Gasteiger partial charge on any atom is 0.0375 e. The van der Waals surface area contributed by atoms with Crippen LogP contribution in [0.25, 0.3) is 0 Å². The van der Waals surface area contributed by atoms with Gasteiger partial charge in [0, 0.05) is 22.4 Å². The van der Waals surface area contributed by atoms with Crippen molar-refractivity contribution in [3.63, 3.8) is 0 Å². The summed E-state index contributed by atoms with van der Waals surface area (Å²) < 4.78 is 1.18. The van der Waals surface area contributed by atoms with Crippen molar-refractivity contribution in [2.45, 2.75) is 32.7 Å². The molecule has 20 heavy (non-hydrogen) atoms. The normalized spacial score (nSPS) is 12.3. The van der Waals surface area contributed by atoms with Gasteiger partial charge in [-0.15, -0.1) is 0 Å². The highest BCUT2D eigenvalue weighted by molar-refractivity contribution is 9.10. The first-order chi connectivity index (χ1) is 9.70. The van der Waals surface area contributed by atoms with Crippen LogP contribution in [0.5, 0.6) is 0 Å². The summed E-state index contributed by atoms with van der Waals surface area (Å²) in [5.74, 6) is 0. The molecule has 1 atom stereocenters. The highest BCUT2D eigenvalue weighted by atomic mass is 79.9. The van der Waals surface area contributed by atoms with E-state index in [1.807, 2.05) is 13.1 Å². The topological polar surface area (TPSA) is 24.9 Å². The number of hydrogen-bond acceptors (Lipinski definition) is 2. The molecule has 1 aromatic heterocycles. The van der Waals surface area contributed by atoms with Gasteiger partial charge in [-0.3, -0.25) is 4.98 Å². The van der Waals surface area contributed by atoms with E-state index < -0.39 is 0 Å². The molecule has 0 saturated carbocycles. The number of pyridine rings is 1. The molecule has 0 fully saturated rings. The van der Waals surface area contributed by atoms with Gasteiger partial charge in [0.2, 0.25) is 0 Å². The molecule has 1 unspecified atom stereocenters. The third-order valence-corrected chi connectivity index (χ3v) is 4.12. The van der Waals surface area contributed by atoms with E-state index in [0.717, 1.165) is 25.1 Å². The summed E-state index contributed by atoms with van der Waals surface area (Å²) in [6, 6.07) is 13.0. The van der Waals surface area contributed by atoms with Gasteiger partial charge in [-0.05, 0) is 55.6 Å². The number of rotatable bonds is 6. The molecule has 0 bridgehead atoms. The highest BCUT2D eigenvalue weighted by Gasteiger charge is 2.13. The van der Waals surface area contributed by atoms with Crippen LogP contribution < -0.4 is 5.32 Å². The Hall–Kier alpha value is -1.19. The first-order valence-electron chi connectivity index (χ1n) is 7.10. The fourth-order valence-electron chi connectivity index (χ4n) is 2.29. The van der Waals surface area contributed by atoms with Crippen LogP contribution in [-0.4, -0.2) is 11.5 Å². The highest BCUT2D eigenvalue weighted by Crippen LogP contribution is 2.24. The van der Waals surface area contributed by atoms with Crippen LogP contribution in [-0.2, 0) is 6.42 Å². The summed E-state index contributed by atoms with van der Waals surface area (Å²) in [5.41, 5.74) is 3.70. The van der Waals surface area contributed by atoms with Crippen molar-refractivity contribution in [2.75, 3.05) is 6.54 Å². The minimum Gasteiger partial charge on any atom is -0.310 e. The number of aryl methyl sites for hydroxylation is 1. The number of hydrogen-bond donors (Lipinski definition) is 1. The summed E-state index contributed by atoms with van der Waals surface area (Å²) in [7, 11) is 0. The SMILES string of the molecule is CCCNC(Cc1ccccc1Br)c1ccnc(C)c1. The van der Waals surface area contributed by atoms with Crippen molar-refractivity contribution < 1.29 is 0 Å². The molecule has 3 heteroatoms. The molecular formula is C17H21BrN2. The van der Waals surface area contributed by atoms with Gasteiger partial charge in [-0.2, -0.15) is 0 Å². The summed E-state index contributed by atoms with van der Waals surface area (Å²) in [5, 5.41) is 3.64. The number of benzene rings is 1. The molecule has 1 N–H and O–H groups in total. The molecule has 0 radical (unpaired) electrons. The lowest BCUT2D eigenvalue weighted by Crippen LogP contribution is -2.24. The minimum absolute atomic E-state index is 0.329. The van der Waals surface area contributed by atoms with E-state index in [9.17, 15) is 0 Å². The van der Waals surface area contributed by atoms with E-state index in [0.29, 0.717) is 6.04 Å². The molecule has 106 valence electrons. The fourth-order valence-corrected chi connectivity index (χ4v) is 2.74. The molecule has 0 aliphatic heterocycles. The largest absolute Gasteiger partial charge is 0.310 e. The van der Waals surface area contributed by atoms with Gasteiger partial charge in [0.25, 0.3) is 0 Å². The molecule has 1 aromatic carbocycles. The summed E-state index contributed by atoms with van der Waals surface area (Å²) >= 11 is 3.64. The molecule has 0 saturated heterocycles. The molecule has 0 amide bonds. The van der Waals surface area contributed by atoms with Crippen molar-refractivity contribution in [1.82, 2.24) is 10.3 Å². The predicted molar refractivity (Wildman–Crippen MR) is 87.9 cm³/mol. The Balaban J connectivity index is 2.21. The Morgan fingerprint density at radius 3 is 2.75 bits per heavy atom. The van der Waals surface area contributed by atoms with E-state index >= 15 is 0 Å². The number of nitrogens with one attached hydrogen (secondary N) is 1. The minimum atomic E-state index is 0.329. The molecular weight excluding hydrogens is 312 g/mol. The van der Waals surface area contributed by atoms with E-state index in [2.05, 4.69) is 69.6 Å². The fraction of sp³-hybridized carbons (Fsp3) is 0.353. The quantitative estimate of drug-likeness (QED) is 0.846. The monoisotopic (exact) mass is 332 g/mol. The lowest BCUT2D eigenvalue weighted by molar-refractivity contribution is 0.528. The van der Waals surface area contributed by atoms with Gasteiger partial charge >= 0.3 is 0 Å². The Morgan fingerprint density at radius 2 is 2.05 bits per heavy atom. The van der Waals surface area contributed by atoms with Crippen LogP contribution in [0.3, 0.4) is 0 Å². The molecule has 0 spiro atoms. The number of aromatic nitrogens is 1. The zero-order valence-corrected chi connectivity index (χ0v) is 13.7. The molecule has 2 rings (SSSR count). The third-order valence-electron chi connectivity index (χ3n) is 3.35. The van der Waals surface area contributed by atoms with Gasteiger partial charge in [-0.1, -0.05) is 41.1 Å². The Kier molecular flexibility index (Phi) is 5.74. The second kappa shape index (κ2) is 7.55. The van der Waals surface area contributed by atoms with Crippen LogP contribution >= 0.6 is 15.9 Å². The number of halogens is 1. The second-order valence-corrected chi connectivity index (χ2v) is 5.89. The van der Waals surface area contributed by atoms with Gasteiger partial charge < -0.3 is 5.32 Å². The number of nitrogens with zero attached hydrogens (tertiary/aromatic N) is 1. The van der Waals surface area contributed by atoms with Crippen molar-refractivity contribution >= 4 is 15.9 Å². The zero-order chi connectivity index (χ0) is 14.4. The van der Waals surface area contributed by atoms with Crippen LogP contribution in [0.15, 0.2) is 47.1 Å². The molecule has 0 aliphatic rings. The Bertz CT molecular complexity index is 554. The van der Waals surface area contributed by atoms with E-state index in [1.165, 1.54) is 15.6 Å². The van der Waals surface area contributed by atoms with Crippen LogP contribution in [0.1, 0.15) is 36.2 Å². The van der Waals surface area contributed by atoms with Gasteiger partial charge in [-0.25, -0.2) is 0 Å². The van der Waals surface area contributed by atoms with Crippen LogP contribution in [0, 0.1) is 6.92 Å². The molecule has 0 aliphatic carbocycles. The van der Waals surface area contributed by atoms with Crippen LogP contribution in [0.4, 0.5) is 0 Å². The Labute approximate surface area is 129 Å². The predicted octanol–water partition coefficient (Wildman–Crippen LogP) is 4.44. The van der Waals surface area contributed by atoms with E-state index in [1.54, 1.807) is 0 Å². The van der Waals surface area contributed by atoms with Crippen molar-refractivity contribution in [2.24, 2.45) is 0 Å². The molecule has 2 aromatic rings. The van der Waals surface area contributed by atoms with E-state index in [4.69, 9.17) is 0 Å². The van der Waals surface area contributed by atoms with Gasteiger partial charge in [0.15, 0.2) is 0 Å². The Morgan fingerprint density at radius 1 is 1.25 bits per heavy atom. The van der Waals surface area contributed by atoms with Crippen molar-refractivity contribution in [3.8, 4) is 0 Å². The standard InChI is InChI=1S/C17H21BrN2/c1-3-9-20-17(15-8-10-19-13(2)11-15)12-14-6-4-5-7-16(14)18/h4-8,10-11,17,20H,3,9,12H2,1-2H3. The summed E-state index contributed by atoms with van der Waals surface area (Å²) in [6.07, 6.45) is 4.01. The smallest absolute Gasteiger partial charge is 0.0375 e. The first kappa shape index (κ1) is 15.2. The third kappa shape index (κ3) is 4.15. The summed E-state index contributed by atoms with van der Waals surface area (Å²) in [4.78, 5) is 4.29. The van der Waals surface area contributed by atoms with Gasteiger partial charge in [0.05, 0.1) is 0 Å². The lowest BCUT2D eigenvalue weighted by atomic mass is 9.99. The van der Waals surface area contributed by atoms with Crippen molar-refractivity contribution in [1.29, 1.82) is 0 Å². The van der Waals surface area contributed by atoms with Gasteiger partial charge in [0.1, 0.15) is 0 Å². The molecule has 2 nitrogen and oxygen atoms in total. The van der Waals surface area contributed by atoms with Crippen molar-refractivity contribution in [3.05, 3.63) is 63.9 Å². The maximum absolute atomic E-state index is 4.29. The second-order valence-electron chi connectivity index (χ2n) is 5.03. The average molecular weight is 333 g/mol. The zero-order valence-electron chi connectivity index (χ0n) is 12.1. The first-order valence-corrected chi connectivity index (χ1v) is 7.89.